The van der Waals surface area contributed by atoms with Crippen molar-refractivity contribution in [3.63, 3.8) is 0 Å². The molecule has 0 spiro atoms. The van der Waals surface area contributed by atoms with Crippen LogP contribution in [0.15, 0.2) is 51.8 Å². The van der Waals surface area contributed by atoms with Crippen LogP contribution >= 0.6 is 15.9 Å². The van der Waals surface area contributed by atoms with E-state index in [9.17, 15) is 17.6 Å². The van der Waals surface area contributed by atoms with Gasteiger partial charge >= 0.3 is 0 Å². The normalized spacial score (nSPS) is 11.2. The number of benzene rings is 2. The first-order valence-electron chi connectivity index (χ1n) is 6.95. The zero-order chi connectivity index (χ0) is 18.6. The van der Waals surface area contributed by atoms with Crippen LogP contribution in [0.3, 0.4) is 0 Å². The number of anilines is 1. The number of hydrogen-bond donors (Lipinski definition) is 1. The highest BCUT2D eigenvalue weighted by molar-refractivity contribution is 9.10. The van der Waals surface area contributed by atoms with Crippen molar-refractivity contribution in [3.05, 3.63) is 58.3 Å². The van der Waals surface area contributed by atoms with Crippen molar-refractivity contribution < 1.29 is 17.6 Å². The second-order valence-corrected chi connectivity index (χ2v) is 8.03. The Hall–Kier alpha value is -2.28. The molecular formula is C16H13BrFN3O3S. The third kappa shape index (κ3) is 4.63. The first kappa shape index (κ1) is 19.1. The van der Waals surface area contributed by atoms with Gasteiger partial charge in [-0.25, -0.2) is 12.8 Å². The summed E-state index contributed by atoms with van der Waals surface area (Å²) in [6, 6.07) is 11.2. The van der Waals surface area contributed by atoms with Crippen molar-refractivity contribution in [2.45, 2.75) is 4.90 Å². The quantitative estimate of drug-likeness (QED) is 0.796. The molecule has 0 unspecified atom stereocenters. The van der Waals surface area contributed by atoms with E-state index >= 15 is 0 Å². The molecule has 0 heterocycles. The summed E-state index contributed by atoms with van der Waals surface area (Å²) in [7, 11) is -2.67. The van der Waals surface area contributed by atoms with Gasteiger partial charge in [0.2, 0.25) is 15.9 Å². The lowest BCUT2D eigenvalue weighted by Crippen LogP contribution is -2.35. The molecule has 1 amide bonds. The maximum Gasteiger partial charge on any atom is 0.243 e. The Balaban J connectivity index is 2.11. The van der Waals surface area contributed by atoms with Crippen LogP contribution < -0.4 is 5.32 Å². The monoisotopic (exact) mass is 425 g/mol. The number of nitriles is 1. The molecule has 0 fully saturated rings. The molecule has 0 aliphatic carbocycles. The van der Waals surface area contributed by atoms with Crippen LogP contribution in [0.4, 0.5) is 10.1 Å². The average molecular weight is 426 g/mol. The molecule has 0 bridgehead atoms. The molecule has 1 N–H and O–H groups in total. The summed E-state index contributed by atoms with van der Waals surface area (Å²) >= 11 is 3.16. The van der Waals surface area contributed by atoms with Gasteiger partial charge in [-0.3, -0.25) is 4.79 Å². The number of likely N-dealkylation sites (N-methyl/N-ethyl adjacent to an activating group) is 1. The highest BCUT2D eigenvalue weighted by atomic mass is 79.9. The molecule has 25 heavy (non-hydrogen) atoms. The molecule has 9 heteroatoms. The first-order valence-corrected chi connectivity index (χ1v) is 9.19. The van der Waals surface area contributed by atoms with Crippen LogP contribution in [0.1, 0.15) is 5.56 Å². The van der Waals surface area contributed by atoms with Crippen LogP contribution in [0.25, 0.3) is 0 Å². The van der Waals surface area contributed by atoms with Crippen molar-refractivity contribution in [2.24, 2.45) is 0 Å². The number of carbonyl (C=O) groups is 1. The summed E-state index contributed by atoms with van der Waals surface area (Å²) in [5.41, 5.74) is 0.271. The lowest BCUT2D eigenvalue weighted by molar-refractivity contribution is -0.116. The van der Waals surface area contributed by atoms with Crippen LogP contribution in [-0.2, 0) is 14.8 Å². The molecule has 130 valence electrons. The number of sulfonamides is 1. The Morgan fingerprint density at radius 1 is 1.28 bits per heavy atom. The number of amides is 1. The Labute approximate surface area is 153 Å². The van der Waals surface area contributed by atoms with Crippen LogP contribution in [0.5, 0.6) is 0 Å². The second-order valence-electron chi connectivity index (χ2n) is 5.07. The number of rotatable bonds is 5. The molecule has 0 saturated heterocycles. The maximum absolute atomic E-state index is 13.6. The molecule has 0 atom stereocenters. The summed E-state index contributed by atoms with van der Waals surface area (Å²) in [6.45, 7) is -0.492. The molecule has 0 aliphatic heterocycles. The molecule has 0 aliphatic rings. The molecule has 0 aromatic heterocycles. The van der Waals surface area contributed by atoms with Crippen molar-refractivity contribution in [2.75, 3.05) is 18.9 Å². The third-order valence-electron chi connectivity index (χ3n) is 3.26. The van der Waals surface area contributed by atoms with Gasteiger partial charge in [0.25, 0.3) is 0 Å². The van der Waals surface area contributed by atoms with Crippen molar-refractivity contribution in [3.8, 4) is 6.07 Å². The SMILES string of the molecule is CN(CC(=O)Nc1cc(Br)ccc1F)S(=O)(=O)c1ccc(C#N)cc1. The number of hydrogen-bond acceptors (Lipinski definition) is 4. The number of nitrogens with one attached hydrogen (secondary N) is 1. The lowest BCUT2D eigenvalue weighted by Gasteiger charge is -2.17. The molecular weight excluding hydrogens is 413 g/mol. The Morgan fingerprint density at radius 2 is 1.92 bits per heavy atom. The molecule has 2 aromatic carbocycles. The van der Waals surface area contributed by atoms with Gasteiger partial charge in [-0.05, 0) is 42.5 Å². The summed E-state index contributed by atoms with van der Waals surface area (Å²) in [6.07, 6.45) is 0. The van der Waals surface area contributed by atoms with Gasteiger partial charge in [0.1, 0.15) is 5.82 Å². The van der Waals surface area contributed by atoms with Gasteiger partial charge in [0, 0.05) is 11.5 Å². The highest BCUT2D eigenvalue weighted by Crippen LogP contribution is 2.20. The van der Waals surface area contributed by atoms with Gasteiger partial charge in [0.15, 0.2) is 0 Å². The fraction of sp³-hybridized carbons (Fsp3) is 0.125. The van der Waals surface area contributed by atoms with E-state index in [1.54, 1.807) is 0 Å². The summed E-state index contributed by atoms with van der Waals surface area (Å²) in [5.74, 6) is -1.31. The van der Waals surface area contributed by atoms with Gasteiger partial charge < -0.3 is 5.32 Å². The third-order valence-corrected chi connectivity index (χ3v) is 5.57. The van der Waals surface area contributed by atoms with E-state index in [2.05, 4.69) is 21.2 Å². The van der Waals surface area contributed by atoms with E-state index in [-0.39, 0.29) is 10.6 Å². The topological polar surface area (TPSA) is 90.3 Å². The second kappa shape index (κ2) is 7.74. The van der Waals surface area contributed by atoms with E-state index in [4.69, 9.17) is 5.26 Å². The van der Waals surface area contributed by atoms with E-state index in [0.717, 1.165) is 4.31 Å². The van der Waals surface area contributed by atoms with Crippen molar-refractivity contribution in [1.82, 2.24) is 4.31 Å². The Kier molecular flexibility index (Phi) is 5.89. The summed E-state index contributed by atoms with van der Waals surface area (Å²) < 4.78 is 39.9. The van der Waals surface area contributed by atoms with E-state index in [1.165, 1.54) is 49.5 Å². The number of halogens is 2. The average Bonchev–Trinajstić information content (AvgIpc) is 2.58. The van der Waals surface area contributed by atoms with Crippen molar-refractivity contribution in [1.29, 1.82) is 5.26 Å². The predicted octanol–water partition coefficient (Wildman–Crippen LogP) is 2.72. The van der Waals surface area contributed by atoms with Crippen LogP contribution in [-0.4, -0.2) is 32.2 Å². The smallest absolute Gasteiger partial charge is 0.243 e. The molecule has 6 nitrogen and oxygen atoms in total. The standard InChI is InChI=1S/C16H13BrFN3O3S/c1-21(25(23,24)13-5-2-11(9-19)3-6-13)10-16(22)20-15-8-12(17)4-7-14(15)18/h2-8H,10H2,1H3,(H,20,22). The Morgan fingerprint density at radius 3 is 2.52 bits per heavy atom. The van der Waals surface area contributed by atoms with Crippen LogP contribution in [0, 0.1) is 17.1 Å². The molecule has 0 radical (unpaired) electrons. The van der Waals surface area contributed by atoms with Gasteiger partial charge in [-0.15, -0.1) is 0 Å². The van der Waals surface area contributed by atoms with Crippen LogP contribution in [0.2, 0.25) is 0 Å². The predicted molar refractivity (Wildman–Crippen MR) is 93.7 cm³/mol. The maximum atomic E-state index is 13.6. The minimum absolute atomic E-state index is 0.0459. The summed E-state index contributed by atoms with van der Waals surface area (Å²) in [4.78, 5) is 12.0. The summed E-state index contributed by atoms with van der Waals surface area (Å²) in [5, 5.41) is 11.1. The minimum Gasteiger partial charge on any atom is -0.322 e. The van der Waals surface area contributed by atoms with E-state index < -0.39 is 28.3 Å². The molecule has 2 rings (SSSR count). The van der Waals surface area contributed by atoms with E-state index in [0.29, 0.717) is 10.0 Å². The van der Waals surface area contributed by atoms with Gasteiger partial charge in [-0.2, -0.15) is 9.57 Å². The highest BCUT2D eigenvalue weighted by Gasteiger charge is 2.23. The molecule has 0 saturated carbocycles. The number of nitrogens with zero attached hydrogens (tertiary/aromatic N) is 2. The zero-order valence-electron chi connectivity index (χ0n) is 13.0. The van der Waals surface area contributed by atoms with Crippen molar-refractivity contribution >= 4 is 37.5 Å². The van der Waals surface area contributed by atoms with Gasteiger partial charge in [-0.1, -0.05) is 15.9 Å². The minimum atomic E-state index is -3.91. The van der Waals surface area contributed by atoms with Gasteiger partial charge in [0.05, 0.1) is 28.8 Å². The number of carbonyl (C=O) groups excluding carboxylic acids is 1. The zero-order valence-corrected chi connectivity index (χ0v) is 15.4. The Bertz CT molecular complexity index is 940. The largest absolute Gasteiger partial charge is 0.322 e. The fourth-order valence-electron chi connectivity index (χ4n) is 1.95. The fourth-order valence-corrected chi connectivity index (χ4v) is 3.44. The lowest BCUT2D eigenvalue weighted by atomic mass is 10.2. The molecule has 2 aromatic rings. The first-order chi connectivity index (χ1) is 11.7. The van der Waals surface area contributed by atoms with E-state index in [1.807, 2.05) is 6.07 Å².